The van der Waals surface area contributed by atoms with Crippen LogP contribution >= 0.6 is 11.3 Å². The van der Waals surface area contributed by atoms with E-state index in [-0.39, 0.29) is 0 Å². The van der Waals surface area contributed by atoms with Crippen LogP contribution < -0.4 is 0 Å². The summed E-state index contributed by atoms with van der Waals surface area (Å²) in [6.45, 7) is 0. The van der Waals surface area contributed by atoms with Gasteiger partial charge in [0.2, 0.25) is 0 Å². The van der Waals surface area contributed by atoms with Crippen LogP contribution in [0.4, 0.5) is 0 Å². The van der Waals surface area contributed by atoms with E-state index in [1.807, 2.05) is 11.3 Å². The number of hydrogen-bond acceptors (Lipinski definition) is 1. The Labute approximate surface area is 254 Å². The molecule has 0 spiro atoms. The van der Waals surface area contributed by atoms with E-state index in [1.165, 1.54) is 85.9 Å². The largest absolute Gasteiger partial charge is 0.135 e. The maximum Gasteiger partial charge on any atom is 0.0355 e. The molecule has 0 radical (unpaired) electrons. The monoisotopic (exact) mass is 562 g/mol. The average Bonchev–Trinajstić information content (AvgIpc) is 3.45. The molecular formula is C42H26S. The van der Waals surface area contributed by atoms with Gasteiger partial charge in [0.05, 0.1) is 0 Å². The van der Waals surface area contributed by atoms with Crippen LogP contribution in [-0.2, 0) is 0 Å². The Hall–Kier alpha value is -5.24. The molecule has 0 aliphatic rings. The molecule has 0 unspecified atom stereocenters. The fourth-order valence-corrected chi connectivity index (χ4v) is 8.09. The van der Waals surface area contributed by atoms with Gasteiger partial charge in [0.1, 0.15) is 0 Å². The summed E-state index contributed by atoms with van der Waals surface area (Å²) in [6.07, 6.45) is 0. The topological polar surface area (TPSA) is 0 Å². The molecule has 1 heterocycles. The Morgan fingerprint density at radius 2 is 0.814 bits per heavy atom. The molecule has 0 aliphatic carbocycles. The minimum absolute atomic E-state index is 1.26. The Kier molecular flexibility index (Phi) is 5.47. The average molecular weight is 563 g/mol. The van der Waals surface area contributed by atoms with Gasteiger partial charge >= 0.3 is 0 Å². The molecule has 0 nitrogen and oxygen atoms in total. The van der Waals surface area contributed by atoms with Gasteiger partial charge in [-0.25, -0.2) is 0 Å². The highest BCUT2D eigenvalue weighted by molar-refractivity contribution is 7.25. The molecule has 1 heteroatoms. The van der Waals surface area contributed by atoms with Crippen molar-refractivity contribution in [2.45, 2.75) is 0 Å². The van der Waals surface area contributed by atoms with Crippen LogP contribution in [0, 0.1) is 0 Å². The highest BCUT2D eigenvalue weighted by Gasteiger charge is 2.19. The lowest BCUT2D eigenvalue weighted by atomic mass is 9.83. The summed E-state index contributed by atoms with van der Waals surface area (Å²) < 4.78 is 2.67. The molecule has 200 valence electrons. The van der Waals surface area contributed by atoms with Crippen LogP contribution in [0.5, 0.6) is 0 Å². The van der Waals surface area contributed by atoms with Crippen LogP contribution in [0.25, 0.3) is 85.9 Å². The predicted octanol–water partition coefficient (Wildman–Crippen LogP) is 12.5. The van der Waals surface area contributed by atoms with E-state index in [4.69, 9.17) is 0 Å². The van der Waals surface area contributed by atoms with Gasteiger partial charge in [-0.05, 0) is 83.9 Å². The number of fused-ring (bicyclic) bond motifs is 6. The standard InChI is InChI=1S/C42H26S/c1-2-14-29-27(12-1)13-11-22-30(29)31-15-3-4-17-33(31)42-36-20-7-5-18-34(36)41(35-19-6-8-21-37(35)42)28-24-25-40-38(26-28)32-16-9-10-23-39(32)43-40/h1-26H. The minimum Gasteiger partial charge on any atom is -0.135 e. The summed E-state index contributed by atoms with van der Waals surface area (Å²) in [6, 6.07) is 58.0. The van der Waals surface area contributed by atoms with Crippen molar-refractivity contribution in [3.05, 3.63) is 158 Å². The van der Waals surface area contributed by atoms with Gasteiger partial charge < -0.3 is 0 Å². The third kappa shape index (κ3) is 3.75. The first-order valence-electron chi connectivity index (χ1n) is 14.8. The van der Waals surface area contributed by atoms with Gasteiger partial charge in [-0.3, -0.25) is 0 Å². The van der Waals surface area contributed by atoms with Crippen molar-refractivity contribution < 1.29 is 0 Å². The van der Waals surface area contributed by atoms with E-state index < -0.39 is 0 Å². The maximum absolute atomic E-state index is 2.41. The van der Waals surface area contributed by atoms with Crippen molar-refractivity contribution in [1.29, 1.82) is 0 Å². The summed E-state index contributed by atoms with van der Waals surface area (Å²) in [7, 11) is 0. The summed E-state index contributed by atoms with van der Waals surface area (Å²) in [5, 5.41) is 10.3. The van der Waals surface area contributed by atoms with E-state index in [0.29, 0.717) is 0 Å². The van der Waals surface area contributed by atoms with Gasteiger partial charge in [-0.1, -0.05) is 140 Å². The van der Waals surface area contributed by atoms with E-state index in [0.717, 1.165) is 0 Å². The Bertz CT molecular complexity index is 2450. The smallest absolute Gasteiger partial charge is 0.0355 e. The summed E-state index contributed by atoms with van der Waals surface area (Å²) in [5.74, 6) is 0. The molecule has 0 saturated heterocycles. The molecule has 9 aromatic rings. The second-order valence-corrected chi connectivity index (χ2v) is 12.3. The molecule has 0 amide bonds. The van der Waals surface area contributed by atoms with E-state index >= 15 is 0 Å². The third-order valence-electron chi connectivity index (χ3n) is 8.87. The van der Waals surface area contributed by atoms with Gasteiger partial charge in [0.25, 0.3) is 0 Å². The Morgan fingerprint density at radius 3 is 1.56 bits per heavy atom. The van der Waals surface area contributed by atoms with Crippen molar-refractivity contribution in [2.24, 2.45) is 0 Å². The highest BCUT2D eigenvalue weighted by Crippen LogP contribution is 2.47. The quantitative estimate of drug-likeness (QED) is 0.188. The fraction of sp³-hybridized carbons (Fsp3) is 0. The molecule has 8 aromatic carbocycles. The molecular weight excluding hydrogens is 537 g/mol. The minimum atomic E-state index is 1.26. The lowest BCUT2D eigenvalue weighted by Gasteiger charge is -2.20. The van der Waals surface area contributed by atoms with Crippen molar-refractivity contribution in [2.75, 3.05) is 0 Å². The number of rotatable bonds is 3. The Balaban J connectivity index is 1.38. The van der Waals surface area contributed by atoms with Gasteiger partial charge in [0, 0.05) is 20.2 Å². The maximum atomic E-state index is 2.41. The van der Waals surface area contributed by atoms with Crippen LogP contribution in [0.2, 0.25) is 0 Å². The van der Waals surface area contributed by atoms with Crippen molar-refractivity contribution in [3.8, 4) is 33.4 Å². The second-order valence-electron chi connectivity index (χ2n) is 11.2. The number of hydrogen-bond donors (Lipinski definition) is 0. The lowest BCUT2D eigenvalue weighted by molar-refractivity contribution is 1.63. The van der Waals surface area contributed by atoms with Gasteiger partial charge in [-0.2, -0.15) is 0 Å². The molecule has 0 fully saturated rings. The SMILES string of the molecule is c1ccc(-c2c3ccccc3c(-c3ccc4sc5ccccc5c4c3)c3ccccc23)c(-c2cccc3ccccc23)c1. The normalized spacial score (nSPS) is 11.7. The first-order chi connectivity index (χ1) is 21.3. The van der Waals surface area contributed by atoms with Crippen LogP contribution in [0.15, 0.2) is 158 Å². The highest BCUT2D eigenvalue weighted by atomic mass is 32.1. The van der Waals surface area contributed by atoms with Crippen LogP contribution in [0.3, 0.4) is 0 Å². The molecule has 1 aromatic heterocycles. The summed E-state index contributed by atoms with van der Waals surface area (Å²) in [4.78, 5) is 0. The zero-order chi connectivity index (χ0) is 28.3. The van der Waals surface area contributed by atoms with Gasteiger partial charge in [-0.15, -0.1) is 11.3 Å². The van der Waals surface area contributed by atoms with Crippen LogP contribution in [-0.4, -0.2) is 0 Å². The summed E-state index contributed by atoms with van der Waals surface area (Å²) in [5.41, 5.74) is 7.64. The summed E-state index contributed by atoms with van der Waals surface area (Å²) >= 11 is 1.87. The zero-order valence-electron chi connectivity index (χ0n) is 23.4. The Morgan fingerprint density at radius 1 is 0.302 bits per heavy atom. The van der Waals surface area contributed by atoms with E-state index in [9.17, 15) is 0 Å². The predicted molar refractivity (Wildman–Crippen MR) is 188 cm³/mol. The second kappa shape index (κ2) is 9.66. The molecule has 0 bridgehead atoms. The van der Waals surface area contributed by atoms with Crippen molar-refractivity contribution >= 4 is 63.8 Å². The first kappa shape index (κ1) is 24.4. The molecule has 0 atom stereocenters. The fourth-order valence-electron chi connectivity index (χ4n) is 7.01. The van der Waals surface area contributed by atoms with Gasteiger partial charge in [0.15, 0.2) is 0 Å². The molecule has 0 saturated carbocycles. The third-order valence-corrected chi connectivity index (χ3v) is 10.0. The molecule has 43 heavy (non-hydrogen) atoms. The number of thiophene rings is 1. The molecule has 0 aliphatic heterocycles. The lowest BCUT2D eigenvalue weighted by Crippen LogP contribution is -1.93. The van der Waals surface area contributed by atoms with E-state index in [1.54, 1.807) is 0 Å². The van der Waals surface area contributed by atoms with Crippen molar-refractivity contribution in [3.63, 3.8) is 0 Å². The van der Waals surface area contributed by atoms with Crippen LogP contribution in [0.1, 0.15) is 0 Å². The first-order valence-corrected chi connectivity index (χ1v) is 15.6. The number of benzene rings is 8. The van der Waals surface area contributed by atoms with E-state index in [2.05, 4.69) is 158 Å². The van der Waals surface area contributed by atoms with Crippen molar-refractivity contribution in [1.82, 2.24) is 0 Å². The molecule has 9 rings (SSSR count). The zero-order valence-corrected chi connectivity index (χ0v) is 24.2. The molecule has 0 N–H and O–H groups in total.